The van der Waals surface area contributed by atoms with Gasteiger partial charge in [-0.1, -0.05) is 26.0 Å². The van der Waals surface area contributed by atoms with Crippen molar-refractivity contribution in [2.45, 2.75) is 58.7 Å². The number of aliphatic hydroxyl groups excluding tert-OH is 2. The molecule has 98 valence electrons. The number of fused-ring (bicyclic) bond motifs is 1. The summed E-state index contributed by atoms with van der Waals surface area (Å²) in [7, 11) is 0. The van der Waals surface area contributed by atoms with E-state index in [0.29, 0.717) is 5.92 Å². The maximum atomic E-state index is 10.6. The SMILES string of the molecule is C=C(C)[C@@H]1CC[C@@]2(C)[C@H]([C@@H]1O)[C@H](C)CC[C@@H]2O. The van der Waals surface area contributed by atoms with Gasteiger partial charge in [0.1, 0.15) is 0 Å². The zero-order valence-corrected chi connectivity index (χ0v) is 11.3. The summed E-state index contributed by atoms with van der Waals surface area (Å²) < 4.78 is 0. The summed E-state index contributed by atoms with van der Waals surface area (Å²) in [4.78, 5) is 0. The first-order valence-corrected chi connectivity index (χ1v) is 6.89. The Labute approximate surface area is 105 Å². The van der Waals surface area contributed by atoms with E-state index in [1.165, 1.54) is 0 Å². The fraction of sp³-hybridized carbons (Fsp3) is 0.867. The molecule has 0 bridgehead atoms. The van der Waals surface area contributed by atoms with Crippen molar-refractivity contribution in [3.8, 4) is 0 Å². The lowest BCUT2D eigenvalue weighted by Gasteiger charge is -2.55. The Hall–Kier alpha value is -0.340. The molecule has 2 N–H and O–H groups in total. The smallest absolute Gasteiger partial charge is 0.0642 e. The van der Waals surface area contributed by atoms with Crippen molar-refractivity contribution in [3.63, 3.8) is 0 Å². The average Bonchev–Trinajstić information content (AvgIpc) is 2.23. The van der Waals surface area contributed by atoms with Crippen molar-refractivity contribution in [2.75, 3.05) is 0 Å². The van der Waals surface area contributed by atoms with Gasteiger partial charge in [-0.25, -0.2) is 0 Å². The Balaban J connectivity index is 2.29. The Morgan fingerprint density at radius 3 is 2.47 bits per heavy atom. The van der Waals surface area contributed by atoms with Crippen molar-refractivity contribution in [1.29, 1.82) is 0 Å². The first kappa shape index (κ1) is 13.1. The van der Waals surface area contributed by atoms with E-state index in [1.54, 1.807) is 0 Å². The van der Waals surface area contributed by atoms with Crippen LogP contribution in [0.4, 0.5) is 0 Å². The Morgan fingerprint density at radius 2 is 1.88 bits per heavy atom. The van der Waals surface area contributed by atoms with Gasteiger partial charge in [0.05, 0.1) is 12.2 Å². The molecule has 0 amide bonds. The van der Waals surface area contributed by atoms with Crippen LogP contribution in [0, 0.1) is 23.2 Å². The number of hydrogen-bond donors (Lipinski definition) is 2. The molecule has 2 heteroatoms. The number of aliphatic hydroxyl groups is 2. The van der Waals surface area contributed by atoms with Crippen LogP contribution in [0.2, 0.25) is 0 Å². The summed E-state index contributed by atoms with van der Waals surface area (Å²) in [5.41, 5.74) is 0.995. The molecule has 0 saturated heterocycles. The Kier molecular flexibility index (Phi) is 3.39. The van der Waals surface area contributed by atoms with Crippen LogP contribution in [0.25, 0.3) is 0 Å². The zero-order chi connectivity index (χ0) is 12.8. The van der Waals surface area contributed by atoms with Crippen molar-refractivity contribution in [1.82, 2.24) is 0 Å². The van der Waals surface area contributed by atoms with Crippen molar-refractivity contribution in [3.05, 3.63) is 12.2 Å². The van der Waals surface area contributed by atoms with E-state index in [0.717, 1.165) is 31.3 Å². The van der Waals surface area contributed by atoms with E-state index in [9.17, 15) is 10.2 Å². The van der Waals surface area contributed by atoms with Gasteiger partial charge in [0.15, 0.2) is 0 Å². The molecular formula is C15H26O2. The molecule has 2 saturated carbocycles. The fourth-order valence-electron chi connectivity index (χ4n) is 4.29. The molecule has 0 unspecified atom stereocenters. The minimum Gasteiger partial charge on any atom is -0.393 e. The van der Waals surface area contributed by atoms with E-state index >= 15 is 0 Å². The van der Waals surface area contributed by atoms with Gasteiger partial charge in [-0.2, -0.15) is 0 Å². The highest BCUT2D eigenvalue weighted by Crippen LogP contribution is 2.54. The monoisotopic (exact) mass is 238 g/mol. The molecule has 2 fully saturated rings. The van der Waals surface area contributed by atoms with Gasteiger partial charge < -0.3 is 10.2 Å². The number of rotatable bonds is 1. The van der Waals surface area contributed by atoms with Crippen LogP contribution in [0.5, 0.6) is 0 Å². The van der Waals surface area contributed by atoms with Crippen molar-refractivity contribution < 1.29 is 10.2 Å². The second kappa shape index (κ2) is 4.40. The first-order valence-electron chi connectivity index (χ1n) is 6.89. The lowest BCUT2D eigenvalue weighted by molar-refractivity contribution is -0.150. The Bertz CT molecular complexity index is 312. The maximum Gasteiger partial charge on any atom is 0.0642 e. The molecule has 6 atom stereocenters. The largest absolute Gasteiger partial charge is 0.393 e. The third kappa shape index (κ3) is 1.96. The fourth-order valence-corrected chi connectivity index (χ4v) is 4.29. The summed E-state index contributed by atoms with van der Waals surface area (Å²) in [6.07, 6.45) is 3.33. The van der Waals surface area contributed by atoms with Crippen LogP contribution >= 0.6 is 0 Å². The summed E-state index contributed by atoms with van der Waals surface area (Å²) >= 11 is 0. The molecule has 2 rings (SSSR count). The third-order valence-corrected chi connectivity index (χ3v) is 5.44. The second-order valence-corrected chi connectivity index (χ2v) is 6.58. The first-order chi connectivity index (χ1) is 7.88. The van der Waals surface area contributed by atoms with E-state index in [4.69, 9.17) is 0 Å². The molecule has 2 aliphatic carbocycles. The normalized spacial score (nSPS) is 50.8. The van der Waals surface area contributed by atoms with Crippen LogP contribution < -0.4 is 0 Å². The molecule has 17 heavy (non-hydrogen) atoms. The van der Waals surface area contributed by atoms with Crippen molar-refractivity contribution in [2.24, 2.45) is 23.2 Å². The van der Waals surface area contributed by atoms with Crippen LogP contribution in [0.3, 0.4) is 0 Å². The average molecular weight is 238 g/mol. The molecule has 2 aliphatic rings. The molecule has 0 aromatic carbocycles. The lowest BCUT2D eigenvalue weighted by atomic mass is 9.52. The Morgan fingerprint density at radius 1 is 1.24 bits per heavy atom. The highest BCUT2D eigenvalue weighted by Gasteiger charge is 2.53. The van der Waals surface area contributed by atoms with E-state index in [-0.39, 0.29) is 29.5 Å². The van der Waals surface area contributed by atoms with Crippen LogP contribution in [-0.2, 0) is 0 Å². The van der Waals surface area contributed by atoms with Gasteiger partial charge in [0, 0.05) is 5.92 Å². The minimum atomic E-state index is -0.323. The molecule has 0 radical (unpaired) electrons. The predicted molar refractivity (Wildman–Crippen MR) is 69.5 cm³/mol. The standard InChI is InChI=1S/C15H26O2/c1-9(2)11-7-8-15(4)12(16)6-5-10(3)13(15)14(11)17/h10-14,16-17H,1,5-8H2,2-4H3/t10-,11+,12+,13+,14-,15-/m1/s1. The van der Waals surface area contributed by atoms with E-state index in [2.05, 4.69) is 20.4 Å². The quantitative estimate of drug-likeness (QED) is 0.690. The molecule has 0 spiro atoms. The lowest BCUT2D eigenvalue weighted by Crippen LogP contribution is -2.56. The van der Waals surface area contributed by atoms with E-state index in [1.807, 2.05) is 6.92 Å². The second-order valence-electron chi connectivity index (χ2n) is 6.58. The van der Waals surface area contributed by atoms with Gasteiger partial charge in [-0.05, 0) is 49.9 Å². The molecule has 0 aromatic heterocycles. The van der Waals surface area contributed by atoms with Crippen LogP contribution in [0.15, 0.2) is 12.2 Å². The third-order valence-electron chi connectivity index (χ3n) is 5.44. The van der Waals surface area contributed by atoms with E-state index < -0.39 is 0 Å². The molecule has 0 heterocycles. The summed E-state index contributed by atoms with van der Waals surface area (Å²) in [5.74, 6) is 0.947. The maximum absolute atomic E-state index is 10.6. The topological polar surface area (TPSA) is 40.5 Å². The van der Waals surface area contributed by atoms with Gasteiger partial charge in [0.25, 0.3) is 0 Å². The highest BCUT2D eigenvalue weighted by atomic mass is 16.3. The predicted octanol–water partition coefficient (Wildman–Crippen LogP) is 2.75. The molecule has 2 nitrogen and oxygen atoms in total. The molecule has 0 aliphatic heterocycles. The molecule has 0 aromatic rings. The van der Waals surface area contributed by atoms with Crippen molar-refractivity contribution >= 4 is 0 Å². The summed E-state index contributed by atoms with van der Waals surface area (Å²) in [5, 5.41) is 20.9. The van der Waals surface area contributed by atoms with Gasteiger partial charge in [0.2, 0.25) is 0 Å². The summed E-state index contributed by atoms with van der Waals surface area (Å²) in [6, 6.07) is 0. The zero-order valence-electron chi connectivity index (χ0n) is 11.3. The summed E-state index contributed by atoms with van der Waals surface area (Å²) in [6.45, 7) is 10.4. The minimum absolute atomic E-state index is 0.0942. The van der Waals surface area contributed by atoms with Crippen LogP contribution in [-0.4, -0.2) is 22.4 Å². The molecular weight excluding hydrogens is 212 g/mol. The van der Waals surface area contributed by atoms with Gasteiger partial charge in [-0.15, -0.1) is 0 Å². The van der Waals surface area contributed by atoms with Gasteiger partial charge >= 0.3 is 0 Å². The highest BCUT2D eigenvalue weighted by molar-refractivity contribution is 5.10. The van der Waals surface area contributed by atoms with Crippen LogP contribution in [0.1, 0.15) is 46.5 Å². The van der Waals surface area contributed by atoms with Gasteiger partial charge in [-0.3, -0.25) is 0 Å². The number of hydrogen-bond acceptors (Lipinski definition) is 2.